The molecule has 1 aliphatic heterocycles. The van der Waals surface area contributed by atoms with Gasteiger partial charge in [0.25, 0.3) is 0 Å². The molecule has 6 heteroatoms. The Labute approximate surface area is 104 Å². The summed E-state index contributed by atoms with van der Waals surface area (Å²) in [6, 6.07) is 3.57. The average Bonchev–Trinajstić information content (AvgIpc) is 2.37. The van der Waals surface area contributed by atoms with E-state index in [4.69, 9.17) is 5.11 Å². The van der Waals surface area contributed by atoms with Gasteiger partial charge in [-0.05, 0) is 24.5 Å². The Morgan fingerprint density at radius 3 is 2.94 bits per heavy atom. The van der Waals surface area contributed by atoms with Gasteiger partial charge in [0.15, 0.2) is 0 Å². The third-order valence-electron chi connectivity index (χ3n) is 2.88. The Kier molecular flexibility index (Phi) is 3.45. The van der Waals surface area contributed by atoms with Crippen molar-refractivity contribution in [1.29, 1.82) is 0 Å². The smallest absolute Gasteiger partial charge is 0.413 e. The Hall–Kier alpha value is -2.11. The number of anilines is 1. The molecule has 0 aromatic carbocycles. The van der Waals surface area contributed by atoms with Crippen LogP contribution >= 0.6 is 0 Å². The lowest BCUT2D eigenvalue weighted by Crippen LogP contribution is -2.35. The van der Waals surface area contributed by atoms with E-state index in [0.29, 0.717) is 18.1 Å². The molecule has 1 aliphatic rings. The quantitative estimate of drug-likeness (QED) is 0.798. The van der Waals surface area contributed by atoms with E-state index in [0.717, 1.165) is 18.4 Å². The topological polar surface area (TPSA) is 79.7 Å². The molecule has 0 spiro atoms. The third kappa shape index (κ3) is 2.42. The summed E-state index contributed by atoms with van der Waals surface area (Å²) in [5.41, 5.74) is 1.42. The van der Waals surface area contributed by atoms with Crippen LogP contribution in [0.2, 0.25) is 0 Å². The highest BCUT2D eigenvalue weighted by Crippen LogP contribution is 2.25. The van der Waals surface area contributed by atoms with Crippen molar-refractivity contribution in [2.75, 3.05) is 18.6 Å². The highest BCUT2D eigenvalue weighted by molar-refractivity contribution is 5.86. The number of carboxylic acid groups (broad SMARTS) is 1. The van der Waals surface area contributed by atoms with Crippen LogP contribution in [0.1, 0.15) is 17.7 Å². The number of amides is 1. The first-order valence-electron chi connectivity index (χ1n) is 5.68. The third-order valence-corrected chi connectivity index (χ3v) is 2.88. The maximum atomic E-state index is 11.2. The maximum absolute atomic E-state index is 11.2. The largest absolute Gasteiger partial charge is 0.469 e. The minimum Gasteiger partial charge on any atom is -0.469 e. The van der Waals surface area contributed by atoms with E-state index in [1.54, 1.807) is 6.07 Å². The second kappa shape index (κ2) is 5.03. The van der Waals surface area contributed by atoms with Gasteiger partial charge in [-0.1, -0.05) is 6.07 Å². The van der Waals surface area contributed by atoms with Gasteiger partial charge in [-0.3, -0.25) is 9.69 Å². The average molecular weight is 250 g/mol. The van der Waals surface area contributed by atoms with E-state index in [9.17, 15) is 9.59 Å². The monoisotopic (exact) mass is 250 g/mol. The van der Waals surface area contributed by atoms with Gasteiger partial charge >= 0.3 is 12.1 Å². The lowest BCUT2D eigenvalue weighted by Gasteiger charge is -2.26. The summed E-state index contributed by atoms with van der Waals surface area (Å²) in [6.07, 6.45) is 0.637. The van der Waals surface area contributed by atoms with E-state index >= 15 is 0 Å². The molecule has 1 amide bonds. The van der Waals surface area contributed by atoms with Crippen molar-refractivity contribution < 1.29 is 19.4 Å². The van der Waals surface area contributed by atoms with E-state index in [2.05, 4.69) is 9.72 Å². The number of fused-ring (bicyclic) bond motifs is 1. The molecule has 0 fully saturated rings. The van der Waals surface area contributed by atoms with Crippen LogP contribution in [0.3, 0.4) is 0 Å². The Morgan fingerprint density at radius 1 is 1.50 bits per heavy atom. The second-order valence-corrected chi connectivity index (χ2v) is 4.08. The number of carbonyl (C=O) groups is 2. The SMILES string of the molecule is COC(=O)Cc1ccc2c(n1)N(C(=O)O)CCC2. The summed E-state index contributed by atoms with van der Waals surface area (Å²) < 4.78 is 4.56. The van der Waals surface area contributed by atoms with E-state index < -0.39 is 6.09 Å². The molecule has 6 nitrogen and oxygen atoms in total. The van der Waals surface area contributed by atoms with E-state index in [1.807, 2.05) is 6.07 Å². The Balaban J connectivity index is 2.30. The summed E-state index contributed by atoms with van der Waals surface area (Å²) in [7, 11) is 1.31. The first-order chi connectivity index (χ1) is 8.61. The van der Waals surface area contributed by atoms with Crippen molar-refractivity contribution in [2.45, 2.75) is 19.3 Å². The van der Waals surface area contributed by atoms with Gasteiger partial charge < -0.3 is 9.84 Å². The number of carbonyl (C=O) groups excluding carboxylic acids is 1. The minimum atomic E-state index is -1.02. The Morgan fingerprint density at radius 2 is 2.28 bits per heavy atom. The standard InChI is InChI=1S/C12H14N2O4/c1-18-10(15)7-9-5-4-8-3-2-6-14(12(16)17)11(8)13-9/h4-5H,2-3,6-7H2,1H3,(H,16,17). The summed E-state index contributed by atoms with van der Waals surface area (Å²) in [4.78, 5) is 27.7. The highest BCUT2D eigenvalue weighted by Gasteiger charge is 2.23. The van der Waals surface area contributed by atoms with Gasteiger partial charge in [0.2, 0.25) is 0 Å². The van der Waals surface area contributed by atoms with E-state index in [1.165, 1.54) is 12.0 Å². The first kappa shape index (κ1) is 12.3. The molecule has 0 unspecified atom stereocenters. The zero-order chi connectivity index (χ0) is 13.1. The van der Waals surface area contributed by atoms with Gasteiger partial charge in [0.1, 0.15) is 5.82 Å². The molecule has 0 bridgehead atoms. The van der Waals surface area contributed by atoms with Gasteiger partial charge in [0, 0.05) is 6.54 Å². The van der Waals surface area contributed by atoms with Crippen LogP contribution in [0.25, 0.3) is 0 Å². The number of ether oxygens (including phenoxy) is 1. The molecule has 0 saturated heterocycles. The van der Waals surface area contributed by atoms with Crippen molar-refractivity contribution in [2.24, 2.45) is 0 Å². The zero-order valence-corrected chi connectivity index (χ0v) is 10.0. The number of pyridine rings is 1. The zero-order valence-electron chi connectivity index (χ0n) is 10.0. The molecule has 0 radical (unpaired) electrons. The van der Waals surface area contributed by atoms with Crippen LogP contribution in [0, 0.1) is 0 Å². The first-order valence-corrected chi connectivity index (χ1v) is 5.68. The van der Waals surface area contributed by atoms with Crippen LogP contribution < -0.4 is 4.90 Å². The predicted octanol–water partition coefficient (Wildman–Crippen LogP) is 1.23. The number of esters is 1. The van der Waals surface area contributed by atoms with Crippen LogP contribution in [0.15, 0.2) is 12.1 Å². The van der Waals surface area contributed by atoms with Crippen LogP contribution in [-0.2, 0) is 22.4 Å². The molecular formula is C12H14N2O4. The number of methoxy groups -OCH3 is 1. The summed E-state index contributed by atoms with van der Waals surface area (Å²) in [6.45, 7) is 0.441. The molecule has 0 saturated carbocycles. The van der Waals surface area contributed by atoms with Crippen molar-refractivity contribution >= 4 is 17.9 Å². The van der Waals surface area contributed by atoms with Crippen molar-refractivity contribution in [3.05, 3.63) is 23.4 Å². The molecule has 1 aromatic rings. The predicted molar refractivity (Wildman–Crippen MR) is 63.6 cm³/mol. The van der Waals surface area contributed by atoms with Gasteiger partial charge in [-0.25, -0.2) is 9.78 Å². The number of hydrogen-bond donors (Lipinski definition) is 1. The number of hydrogen-bond acceptors (Lipinski definition) is 4. The lowest BCUT2D eigenvalue weighted by atomic mass is 10.1. The molecule has 96 valence electrons. The fourth-order valence-electron chi connectivity index (χ4n) is 1.98. The van der Waals surface area contributed by atoms with Crippen LogP contribution in [-0.4, -0.2) is 35.8 Å². The molecular weight excluding hydrogens is 236 g/mol. The number of nitrogens with zero attached hydrogens (tertiary/aromatic N) is 2. The maximum Gasteiger partial charge on any atom is 0.413 e. The van der Waals surface area contributed by atoms with Crippen molar-refractivity contribution in [1.82, 2.24) is 4.98 Å². The van der Waals surface area contributed by atoms with Crippen LogP contribution in [0.4, 0.5) is 10.6 Å². The fourth-order valence-corrected chi connectivity index (χ4v) is 1.98. The van der Waals surface area contributed by atoms with Crippen LogP contribution in [0.5, 0.6) is 0 Å². The molecule has 18 heavy (non-hydrogen) atoms. The van der Waals surface area contributed by atoms with E-state index in [-0.39, 0.29) is 12.4 Å². The lowest BCUT2D eigenvalue weighted by molar-refractivity contribution is -0.139. The molecule has 0 aliphatic carbocycles. The highest BCUT2D eigenvalue weighted by atomic mass is 16.5. The fraction of sp³-hybridized carbons (Fsp3) is 0.417. The van der Waals surface area contributed by atoms with Crippen molar-refractivity contribution in [3.63, 3.8) is 0 Å². The summed E-state index contributed by atoms with van der Waals surface area (Å²) >= 11 is 0. The minimum absolute atomic E-state index is 0.0528. The van der Waals surface area contributed by atoms with Crippen molar-refractivity contribution in [3.8, 4) is 0 Å². The Bertz CT molecular complexity index is 487. The normalized spacial score (nSPS) is 13.9. The molecule has 1 aromatic heterocycles. The number of rotatable bonds is 2. The molecule has 2 heterocycles. The summed E-state index contributed by atoms with van der Waals surface area (Å²) in [5.74, 6) is 0.0512. The molecule has 0 atom stereocenters. The number of aryl methyl sites for hydroxylation is 1. The van der Waals surface area contributed by atoms with Gasteiger partial charge in [-0.2, -0.15) is 0 Å². The van der Waals surface area contributed by atoms with Gasteiger partial charge in [0.05, 0.1) is 19.2 Å². The molecule has 2 rings (SSSR count). The van der Waals surface area contributed by atoms with Gasteiger partial charge in [-0.15, -0.1) is 0 Å². The molecule has 1 N–H and O–H groups in total. The summed E-state index contributed by atoms with van der Waals surface area (Å²) in [5, 5.41) is 9.10. The number of aromatic nitrogens is 1. The second-order valence-electron chi connectivity index (χ2n) is 4.08.